The van der Waals surface area contributed by atoms with E-state index in [4.69, 9.17) is 0 Å². The number of rotatable bonds is 5. The van der Waals surface area contributed by atoms with Gasteiger partial charge in [0.1, 0.15) is 5.82 Å². The summed E-state index contributed by atoms with van der Waals surface area (Å²) in [5.41, 5.74) is 2.76. The van der Waals surface area contributed by atoms with Crippen LogP contribution in [0.25, 0.3) is 0 Å². The number of carbonyl (C=O) groups excluding carboxylic acids is 1. The molecular weight excluding hydrogens is 255 g/mol. The molecule has 0 unspecified atom stereocenters. The van der Waals surface area contributed by atoms with Crippen molar-refractivity contribution < 1.29 is 9.18 Å². The van der Waals surface area contributed by atoms with Gasteiger partial charge in [-0.15, -0.1) is 0 Å². The standard InChI is InChI=1S/C16H19FN2O/c1-4-12-9-13(19(5-2)18-12)10-16(20)14-7-6-11(3)8-15(14)17/h6-9H,4-5,10H2,1-3H3. The van der Waals surface area contributed by atoms with Crippen LogP contribution in [0, 0.1) is 12.7 Å². The van der Waals surface area contributed by atoms with E-state index in [0.29, 0.717) is 6.54 Å². The van der Waals surface area contributed by atoms with Crippen LogP contribution in [-0.4, -0.2) is 15.6 Å². The van der Waals surface area contributed by atoms with Gasteiger partial charge >= 0.3 is 0 Å². The van der Waals surface area contributed by atoms with Crippen molar-refractivity contribution in [2.24, 2.45) is 0 Å². The average molecular weight is 274 g/mol. The summed E-state index contributed by atoms with van der Waals surface area (Å²) in [7, 11) is 0. The highest BCUT2D eigenvalue weighted by molar-refractivity contribution is 5.97. The van der Waals surface area contributed by atoms with E-state index in [1.807, 2.05) is 24.6 Å². The number of carbonyl (C=O) groups is 1. The van der Waals surface area contributed by atoms with E-state index >= 15 is 0 Å². The Hall–Kier alpha value is -1.97. The Morgan fingerprint density at radius 3 is 2.65 bits per heavy atom. The Morgan fingerprint density at radius 1 is 1.30 bits per heavy atom. The third-order valence-electron chi connectivity index (χ3n) is 3.34. The second-order valence-electron chi connectivity index (χ2n) is 4.88. The van der Waals surface area contributed by atoms with Crippen LogP contribution >= 0.6 is 0 Å². The Bertz CT molecular complexity index is 631. The summed E-state index contributed by atoms with van der Waals surface area (Å²) in [4.78, 5) is 12.2. The maximum absolute atomic E-state index is 13.8. The van der Waals surface area contributed by atoms with Gasteiger partial charge in [-0.25, -0.2) is 4.39 Å². The van der Waals surface area contributed by atoms with Crippen LogP contribution in [0.1, 0.15) is 41.2 Å². The minimum atomic E-state index is -0.451. The Kier molecular flexibility index (Phi) is 4.32. The highest BCUT2D eigenvalue weighted by atomic mass is 19.1. The monoisotopic (exact) mass is 274 g/mol. The first-order valence-corrected chi connectivity index (χ1v) is 6.90. The van der Waals surface area contributed by atoms with Gasteiger partial charge in [-0.1, -0.05) is 13.0 Å². The quantitative estimate of drug-likeness (QED) is 0.784. The zero-order valence-electron chi connectivity index (χ0n) is 12.1. The second kappa shape index (κ2) is 5.99. The van der Waals surface area contributed by atoms with Crippen molar-refractivity contribution in [2.75, 3.05) is 0 Å². The lowest BCUT2D eigenvalue weighted by Crippen LogP contribution is -2.11. The summed E-state index contributed by atoms with van der Waals surface area (Å²) in [5, 5.41) is 4.40. The van der Waals surface area contributed by atoms with Crippen molar-refractivity contribution in [3.05, 3.63) is 52.6 Å². The molecule has 0 amide bonds. The highest BCUT2D eigenvalue weighted by Crippen LogP contribution is 2.14. The fourth-order valence-corrected chi connectivity index (χ4v) is 2.21. The lowest BCUT2D eigenvalue weighted by atomic mass is 10.0. The van der Waals surface area contributed by atoms with E-state index in [-0.39, 0.29) is 17.8 Å². The number of Topliss-reactive ketones (excluding diaryl/α,β-unsaturated/α-hetero) is 1. The van der Waals surface area contributed by atoms with Crippen LogP contribution in [0.15, 0.2) is 24.3 Å². The molecule has 2 aromatic rings. The molecule has 0 bridgehead atoms. The first-order chi connectivity index (χ1) is 9.55. The first-order valence-electron chi connectivity index (χ1n) is 6.90. The van der Waals surface area contributed by atoms with Crippen LogP contribution in [0.5, 0.6) is 0 Å². The Labute approximate surface area is 118 Å². The van der Waals surface area contributed by atoms with Crippen LogP contribution in [0.2, 0.25) is 0 Å². The Morgan fingerprint density at radius 2 is 2.05 bits per heavy atom. The summed E-state index contributed by atoms with van der Waals surface area (Å²) in [6.45, 7) is 6.51. The molecule has 0 saturated carbocycles. The zero-order chi connectivity index (χ0) is 14.7. The van der Waals surface area contributed by atoms with Crippen molar-refractivity contribution in [3.8, 4) is 0 Å². The van der Waals surface area contributed by atoms with E-state index in [1.165, 1.54) is 6.07 Å². The van der Waals surface area contributed by atoms with Gasteiger partial charge in [-0.2, -0.15) is 5.10 Å². The SMILES string of the molecule is CCc1cc(CC(=O)c2ccc(C)cc2F)n(CC)n1. The lowest BCUT2D eigenvalue weighted by molar-refractivity contribution is 0.0986. The fourth-order valence-electron chi connectivity index (χ4n) is 2.21. The summed E-state index contributed by atoms with van der Waals surface area (Å²) in [5.74, 6) is -0.659. The molecule has 0 radical (unpaired) electrons. The van der Waals surface area contributed by atoms with E-state index in [9.17, 15) is 9.18 Å². The number of halogens is 1. The molecule has 0 saturated heterocycles. The maximum atomic E-state index is 13.8. The molecule has 0 fully saturated rings. The van der Waals surface area contributed by atoms with Gasteiger partial charge in [-0.3, -0.25) is 9.48 Å². The summed E-state index contributed by atoms with van der Waals surface area (Å²) in [6, 6.07) is 6.63. The molecular formula is C16H19FN2O. The highest BCUT2D eigenvalue weighted by Gasteiger charge is 2.15. The molecule has 3 nitrogen and oxygen atoms in total. The molecule has 1 aromatic carbocycles. The molecule has 1 heterocycles. The smallest absolute Gasteiger partial charge is 0.171 e. The van der Waals surface area contributed by atoms with Gasteiger partial charge in [0.15, 0.2) is 5.78 Å². The molecule has 4 heteroatoms. The van der Waals surface area contributed by atoms with Gasteiger partial charge in [0.05, 0.1) is 17.7 Å². The zero-order valence-corrected chi connectivity index (χ0v) is 12.1. The number of hydrogen-bond donors (Lipinski definition) is 0. The Balaban J connectivity index is 2.25. The van der Waals surface area contributed by atoms with Crippen molar-refractivity contribution in [1.29, 1.82) is 0 Å². The molecule has 0 atom stereocenters. The molecule has 0 N–H and O–H groups in total. The molecule has 0 aliphatic rings. The number of benzene rings is 1. The minimum Gasteiger partial charge on any atom is -0.294 e. The number of nitrogens with zero attached hydrogens (tertiary/aromatic N) is 2. The van der Waals surface area contributed by atoms with E-state index < -0.39 is 5.82 Å². The van der Waals surface area contributed by atoms with Crippen molar-refractivity contribution in [3.63, 3.8) is 0 Å². The van der Waals surface area contributed by atoms with Crippen molar-refractivity contribution in [1.82, 2.24) is 9.78 Å². The summed E-state index contributed by atoms with van der Waals surface area (Å²) in [6.07, 6.45) is 1.01. The molecule has 20 heavy (non-hydrogen) atoms. The number of ketones is 1. The van der Waals surface area contributed by atoms with Crippen LogP contribution in [0.4, 0.5) is 4.39 Å². The van der Waals surface area contributed by atoms with Gasteiger partial charge < -0.3 is 0 Å². The number of aromatic nitrogens is 2. The van der Waals surface area contributed by atoms with E-state index in [0.717, 1.165) is 23.4 Å². The predicted molar refractivity (Wildman–Crippen MR) is 76.5 cm³/mol. The third kappa shape index (κ3) is 2.95. The second-order valence-corrected chi connectivity index (χ2v) is 4.88. The largest absolute Gasteiger partial charge is 0.294 e. The fraction of sp³-hybridized carbons (Fsp3) is 0.375. The lowest BCUT2D eigenvalue weighted by Gasteiger charge is -2.05. The summed E-state index contributed by atoms with van der Waals surface area (Å²) >= 11 is 0. The first kappa shape index (κ1) is 14.4. The maximum Gasteiger partial charge on any atom is 0.171 e. The number of aryl methyl sites for hydroxylation is 3. The van der Waals surface area contributed by atoms with Gasteiger partial charge in [0, 0.05) is 12.2 Å². The van der Waals surface area contributed by atoms with Gasteiger partial charge in [0.25, 0.3) is 0 Å². The molecule has 106 valence electrons. The van der Waals surface area contributed by atoms with Gasteiger partial charge in [-0.05, 0) is 44.0 Å². The predicted octanol–water partition coefficient (Wildman–Crippen LogP) is 3.34. The van der Waals surface area contributed by atoms with Crippen molar-refractivity contribution >= 4 is 5.78 Å². The van der Waals surface area contributed by atoms with Crippen LogP contribution < -0.4 is 0 Å². The minimum absolute atomic E-state index is 0.150. The topological polar surface area (TPSA) is 34.9 Å². The molecule has 0 spiro atoms. The van der Waals surface area contributed by atoms with E-state index in [1.54, 1.807) is 19.1 Å². The van der Waals surface area contributed by atoms with Gasteiger partial charge in [0.2, 0.25) is 0 Å². The van der Waals surface area contributed by atoms with E-state index in [2.05, 4.69) is 5.10 Å². The number of hydrogen-bond acceptors (Lipinski definition) is 2. The normalized spacial score (nSPS) is 10.8. The van der Waals surface area contributed by atoms with Crippen molar-refractivity contribution in [2.45, 2.75) is 40.2 Å². The molecule has 0 aliphatic heterocycles. The average Bonchev–Trinajstić information content (AvgIpc) is 2.80. The molecule has 2 rings (SSSR count). The molecule has 1 aromatic heterocycles. The van der Waals surface area contributed by atoms with Crippen LogP contribution in [-0.2, 0) is 19.4 Å². The van der Waals surface area contributed by atoms with Crippen LogP contribution in [0.3, 0.4) is 0 Å². The molecule has 0 aliphatic carbocycles. The third-order valence-corrected chi connectivity index (χ3v) is 3.34. The summed E-state index contributed by atoms with van der Waals surface area (Å²) < 4.78 is 15.6.